The van der Waals surface area contributed by atoms with Crippen LogP contribution in [0.1, 0.15) is 41.8 Å². The molecule has 0 radical (unpaired) electrons. The molecule has 0 aliphatic heterocycles. The second-order valence-electron chi connectivity index (χ2n) is 4.40. The lowest BCUT2D eigenvalue weighted by Gasteiger charge is -2.18. The number of rotatable bonds is 5. The molecular formula is C13H19O2P. The van der Waals surface area contributed by atoms with Crippen LogP contribution in [0, 0.1) is 5.92 Å². The number of benzene rings is 1. The van der Waals surface area contributed by atoms with Crippen molar-refractivity contribution in [2.45, 2.75) is 25.9 Å². The van der Waals surface area contributed by atoms with E-state index >= 15 is 0 Å². The lowest BCUT2D eigenvalue weighted by atomic mass is 10.0. The van der Waals surface area contributed by atoms with Gasteiger partial charge in [0.15, 0.2) is 0 Å². The van der Waals surface area contributed by atoms with Gasteiger partial charge in [-0.05, 0) is 36.7 Å². The average Bonchev–Trinajstić information content (AvgIpc) is 2.25. The summed E-state index contributed by atoms with van der Waals surface area (Å²) in [5, 5.41) is 8.95. The summed E-state index contributed by atoms with van der Waals surface area (Å²) in [6.07, 6.45) is 1.12. The van der Waals surface area contributed by atoms with Crippen molar-refractivity contribution < 1.29 is 9.90 Å². The first-order chi connectivity index (χ1) is 7.54. The van der Waals surface area contributed by atoms with E-state index in [4.69, 9.17) is 5.11 Å². The van der Waals surface area contributed by atoms with Crippen LogP contribution in [-0.4, -0.2) is 17.7 Å². The lowest BCUT2D eigenvalue weighted by Crippen LogP contribution is -2.01. The van der Waals surface area contributed by atoms with Crippen molar-refractivity contribution in [2.75, 3.05) is 6.66 Å². The van der Waals surface area contributed by atoms with E-state index in [1.165, 1.54) is 0 Å². The van der Waals surface area contributed by atoms with Gasteiger partial charge in [-0.15, -0.1) is 8.58 Å². The van der Waals surface area contributed by atoms with Crippen LogP contribution in [0.3, 0.4) is 0 Å². The molecule has 16 heavy (non-hydrogen) atoms. The highest BCUT2D eigenvalue weighted by atomic mass is 31.1. The minimum Gasteiger partial charge on any atom is -0.478 e. The summed E-state index contributed by atoms with van der Waals surface area (Å²) in [5.41, 5.74) is 2.05. The third-order valence-electron chi connectivity index (χ3n) is 2.59. The van der Waals surface area contributed by atoms with Gasteiger partial charge in [0, 0.05) is 5.66 Å². The second-order valence-corrected chi connectivity index (χ2v) is 5.68. The van der Waals surface area contributed by atoms with Crippen LogP contribution in [0.5, 0.6) is 0 Å². The average molecular weight is 238 g/mol. The highest BCUT2D eigenvalue weighted by molar-refractivity contribution is 7.37. The highest BCUT2D eigenvalue weighted by Crippen LogP contribution is 2.37. The number of hydrogen-bond donors (Lipinski definition) is 1. The number of hydrogen-bond acceptors (Lipinski definition) is 1. The molecule has 0 aliphatic carbocycles. The van der Waals surface area contributed by atoms with E-state index in [9.17, 15) is 4.79 Å². The lowest BCUT2D eigenvalue weighted by molar-refractivity contribution is 0.0697. The summed E-state index contributed by atoms with van der Waals surface area (Å²) in [7, 11) is 0.816. The van der Waals surface area contributed by atoms with Crippen molar-refractivity contribution in [1.82, 2.24) is 0 Å². The molecule has 2 unspecified atom stereocenters. The molecule has 0 amide bonds. The molecule has 3 heteroatoms. The maximum absolute atomic E-state index is 10.9. The van der Waals surface area contributed by atoms with Crippen LogP contribution < -0.4 is 0 Å². The zero-order valence-corrected chi connectivity index (χ0v) is 11.0. The standard InChI is InChI=1S/C13H19O2P/c1-9(2)7-12(16-3)10-5-4-6-11(8-10)13(14)15/h4-6,8-9,12,16H,7H2,1-3H3,(H,14,15). The SMILES string of the molecule is CPC(CC(C)C)c1cccc(C(=O)O)c1. The molecule has 0 bridgehead atoms. The van der Waals surface area contributed by atoms with Gasteiger partial charge in [-0.3, -0.25) is 0 Å². The van der Waals surface area contributed by atoms with Crippen LogP contribution in [0.4, 0.5) is 0 Å². The summed E-state index contributed by atoms with van der Waals surface area (Å²) in [4.78, 5) is 10.9. The third kappa shape index (κ3) is 3.61. The van der Waals surface area contributed by atoms with Crippen LogP contribution in [-0.2, 0) is 0 Å². The normalized spacial score (nSPS) is 13.5. The van der Waals surface area contributed by atoms with Gasteiger partial charge in [0.2, 0.25) is 0 Å². The zero-order valence-electron chi connectivity index (χ0n) is 10.0. The number of carbonyl (C=O) groups is 1. The van der Waals surface area contributed by atoms with Gasteiger partial charge < -0.3 is 5.11 Å². The second kappa shape index (κ2) is 6.00. The van der Waals surface area contributed by atoms with Crippen molar-refractivity contribution in [1.29, 1.82) is 0 Å². The molecule has 1 aromatic rings. The molecule has 2 nitrogen and oxygen atoms in total. The minimum atomic E-state index is -0.843. The maximum Gasteiger partial charge on any atom is 0.335 e. The van der Waals surface area contributed by atoms with Gasteiger partial charge in [0.25, 0.3) is 0 Å². The van der Waals surface area contributed by atoms with Crippen LogP contribution in [0.15, 0.2) is 24.3 Å². The predicted octanol–water partition coefficient (Wildman–Crippen LogP) is 3.78. The maximum atomic E-state index is 10.9. The Kier molecular flexibility index (Phi) is 4.95. The van der Waals surface area contributed by atoms with Crippen molar-refractivity contribution >= 4 is 14.6 Å². The Hall–Kier alpha value is -0.880. The van der Waals surface area contributed by atoms with Crippen LogP contribution in [0.2, 0.25) is 0 Å². The molecule has 0 saturated carbocycles. The van der Waals surface area contributed by atoms with E-state index in [0.29, 0.717) is 17.1 Å². The highest BCUT2D eigenvalue weighted by Gasteiger charge is 2.13. The summed E-state index contributed by atoms with van der Waals surface area (Å²) in [6.45, 7) is 6.59. The van der Waals surface area contributed by atoms with Gasteiger partial charge >= 0.3 is 5.97 Å². The van der Waals surface area contributed by atoms with Gasteiger partial charge in [0.05, 0.1) is 5.56 Å². The Balaban J connectivity index is 2.92. The predicted molar refractivity (Wildman–Crippen MR) is 69.8 cm³/mol. The quantitative estimate of drug-likeness (QED) is 0.792. The Bertz CT molecular complexity index is 361. The smallest absolute Gasteiger partial charge is 0.335 e. The molecule has 0 fully saturated rings. The Labute approximate surface area is 98.9 Å². The van der Waals surface area contributed by atoms with Crippen LogP contribution >= 0.6 is 8.58 Å². The van der Waals surface area contributed by atoms with E-state index in [1.54, 1.807) is 6.07 Å². The number of aromatic carboxylic acids is 1. The van der Waals surface area contributed by atoms with Gasteiger partial charge in [0.1, 0.15) is 0 Å². The molecule has 1 aromatic carbocycles. The van der Waals surface area contributed by atoms with E-state index in [-0.39, 0.29) is 0 Å². The van der Waals surface area contributed by atoms with Crippen molar-refractivity contribution in [3.05, 3.63) is 35.4 Å². The van der Waals surface area contributed by atoms with Crippen molar-refractivity contribution in [3.8, 4) is 0 Å². The Morgan fingerprint density at radius 3 is 2.62 bits per heavy atom. The van der Waals surface area contributed by atoms with E-state index < -0.39 is 5.97 Å². The van der Waals surface area contributed by atoms with Crippen molar-refractivity contribution in [3.63, 3.8) is 0 Å². The van der Waals surface area contributed by atoms with Gasteiger partial charge in [-0.1, -0.05) is 26.0 Å². The molecule has 0 aromatic heterocycles. The van der Waals surface area contributed by atoms with E-state index in [1.807, 2.05) is 18.2 Å². The molecule has 88 valence electrons. The molecule has 1 rings (SSSR count). The molecule has 0 heterocycles. The minimum absolute atomic E-state index is 0.393. The Morgan fingerprint density at radius 1 is 1.44 bits per heavy atom. The van der Waals surface area contributed by atoms with Gasteiger partial charge in [-0.25, -0.2) is 4.79 Å². The molecule has 0 saturated heterocycles. The third-order valence-corrected chi connectivity index (χ3v) is 3.86. The van der Waals surface area contributed by atoms with Crippen molar-refractivity contribution in [2.24, 2.45) is 5.92 Å². The van der Waals surface area contributed by atoms with E-state index in [0.717, 1.165) is 20.6 Å². The van der Waals surface area contributed by atoms with Crippen LogP contribution in [0.25, 0.3) is 0 Å². The number of carboxylic acid groups (broad SMARTS) is 1. The summed E-state index contributed by atoms with van der Waals surface area (Å²) in [5.74, 6) is -0.199. The van der Waals surface area contributed by atoms with E-state index in [2.05, 4.69) is 20.5 Å². The largest absolute Gasteiger partial charge is 0.478 e. The molecule has 0 spiro atoms. The summed E-state index contributed by atoms with van der Waals surface area (Å²) >= 11 is 0. The summed E-state index contributed by atoms with van der Waals surface area (Å²) < 4.78 is 0. The topological polar surface area (TPSA) is 37.3 Å². The zero-order chi connectivity index (χ0) is 12.1. The Morgan fingerprint density at radius 2 is 2.12 bits per heavy atom. The molecule has 0 aliphatic rings. The molecule has 1 N–H and O–H groups in total. The fourth-order valence-corrected chi connectivity index (χ4v) is 3.00. The monoisotopic (exact) mass is 238 g/mol. The number of carboxylic acids is 1. The first-order valence-electron chi connectivity index (χ1n) is 5.55. The fourth-order valence-electron chi connectivity index (χ4n) is 1.78. The fraction of sp³-hybridized carbons (Fsp3) is 0.462. The van der Waals surface area contributed by atoms with Gasteiger partial charge in [-0.2, -0.15) is 0 Å². The first kappa shape index (κ1) is 13.2. The molecule has 2 atom stereocenters. The summed E-state index contributed by atoms with van der Waals surface area (Å²) in [6, 6.07) is 7.34. The molecular weight excluding hydrogens is 219 g/mol. The first-order valence-corrected chi connectivity index (χ1v) is 7.12.